The highest BCUT2D eigenvalue weighted by molar-refractivity contribution is 8.01. The molecule has 4 rings (SSSR count). The number of β-lactam (4-membered cyclic amide) rings is 1. The first-order valence-corrected chi connectivity index (χ1v) is 12.4. The molecule has 7 N–H and O–H groups in total. The van der Waals surface area contributed by atoms with Gasteiger partial charge in [-0.2, -0.15) is 0 Å². The van der Waals surface area contributed by atoms with Crippen molar-refractivity contribution in [1.82, 2.24) is 35.5 Å². The topological polar surface area (TPSA) is 254 Å². The summed E-state index contributed by atoms with van der Waals surface area (Å²) in [6.07, 6.45) is 0. The van der Waals surface area contributed by atoms with Crippen molar-refractivity contribution < 1.29 is 34.2 Å². The first-order valence-electron chi connectivity index (χ1n) is 9.50. The van der Waals surface area contributed by atoms with Crippen LogP contribution in [0.5, 0.6) is 0 Å². The van der Waals surface area contributed by atoms with Gasteiger partial charge in [0.1, 0.15) is 29.9 Å². The number of nitrogens with two attached hydrogens (primary N) is 2. The Labute approximate surface area is 213 Å². The number of hydrogen-bond acceptors (Lipinski definition) is 15. The molecule has 0 spiro atoms. The van der Waals surface area contributed by atoms with Gasteiger partial charge in [0, 0.05) is 16.9 Å². The van der Waals surface area contributed by atoms with E-state index in [9.17, 15) is 19.5 Å². The van der Waals surface area contributed by atoms with E-state index in [2.05, 4.69) is 31.0 Å². The number of thioether (sulfide) groups is 2. The molecule has 0 saturated carbocycles. The minimum absolute atomic E-state index is 0.129. The van der Waals surface area contributed by atoms with Crippen molar-refractivity contribution in [3.8, 4) is 0 Å². The van der Waals surface area contributed by atoms with E-state index in [1.807, 2.05) is 0 Å². The molecule has 2 amide bonds. The molecule has 2 aromatic heterocycles. The Kier molecular flexibility index (Phi) is 8.66. The number of carboxylic acid groups (broad SMARTS) is 2. The summed E-state index contributed by atoms with van der Waals surface area (Å²) in [5.74, 6) is 3.61. The van der Waals surface area contributed by atoms with Crippen LogP contribution in [0.2, 0.25) is 0 Å². The number of anilines is 1. The lowest BCUT2D eigenvalue weighted by atomic mass is 10.0. The zero-order valence-electron chi connectivity index (χ0n) is 18.2. The average molecular weight is 559 g/mol. The van der Waals surface area contributed by atoms with E-state index < -0.39 is 29.2 Å². The smallest absolute Gasteiger partial charge is 0.352 e. The molecule has 4 heterocycles. The molecule has 1 saturated heterocycles. The molecule has 36 heavy (non-hydrogen) atoms. The summed E-state index contributed by atoms with van der Waals surface area (Å²) in [6, 6.07) is -0.944. The number of rotatable bonds is 8. The Bertz CT molecular complexity index is 1230. The summed E-state index contributed by atoms with van der Waals surface area (Å²) in [5.41, 5.74) is 6.04. The van der Waals surface area contributed by atoms with Crippen LogP contribution in [0.3, 0.4) is 0 Å². The second-order valence-corrected chi connectivity index (χ2v) is 9.55. The monoisotopic (exact) mass is 558 g/mol. The number of nitrogen functional groups attached to an aromatic ring is 2. The van der Waals surface area contributed by atoms with Gasteiger partial charge < -0.3 is 31.9 Å². The maximum atomic E-state index is 12.8. The fourth-order valence-corrected chi connectivity index (χ4v) is 5.96. The molecule has 192 valence electrons. The van der Waals surface area contributed by atoms with Crippen LogP contribution in [0.15, 0.2) is 27.0 Å². The largest absolute Gasteiger partial charge is 0.483 e. The third-order valence-corrected chi connectivity index (χ3v) is 7.57. The lowest BCUT2D eigenvalue weighted by molar-refractivity contribution is -0.150. The quantitative estimate of drug-likeness (QED) is 0.0587. The number of tetrazole rings is 1. The van der Waals surface area contributed by atoms with Crippen LogP contribution >= 0.6 is 34.9 Å². The van der Waals surface area contributed by atoms with Crippen molar-refractivity contribution in [3.05, 3.63) is 22.3 Å². The van der Waals surface area contributed by atoms with Gasteiger partial charge in [0.2, 0.25) is 5.16 Å². The number of oxime groups is 1. The standard InChI is InChI=1S/C15H16N10O5S3.CH2O2/c1-30-21-7(6-4-32-14(16)18-6)10(26)19-8-11(27)24-9(13(28)29)5(2-31-12(8)24)3-33-15-20-22-23-25(15)17;2-1-3/h4,8,12H,2-3,17H2,1H3,(H2,16,18)(H,19,26)(H,28,29);1H,(H,2,3)/b21-7+;/t8-,12-;/m1./s1. The Hall–Kier alpha value is -3.91. The normalized spacial score (nSPS) is 19.0. The maximum absolute atomic E-state index is 12.8. The first kappa shape index (κ1) is 26.7. The molecule has 0 radical (unpaired) electrons. The summed E-state index contributed by atoms with van der Waals surface area (Å²) in [6.45, 7) is -0.250. The summed E-state index contributed by atoms with van der Waals surface area (Å²) in [5, 5.41) is 35.1. The number of carbonyl (C=O) groups excluding carboxylic acids is 2. The summed E-state index contributed by atoms with van der Waals surface area (Å²) in [7, 11) is 1.27. The molecule has 17 nitrogen and oxygen atoms in total. The minimum atomic E-state index is -1.25. The van der Waals surface area contributed by atoms with Crippen LogP contribution < -0.4 is 16.9 Å². The van der Waals surface area contributed by atoms with Crippen molar-refractivity contribution in [2.75, 3.05) is 30.2 Å². The Balaban J connectivity index is 0.00000115. The van der Waals surface area contributed by atoms with Crippen molar-refractivity contribution in [3.63, 3.8) is 0 Å². The van der Waals surface area contributed by atoms with Gasteiger partial charge in [-0.25, -0.2) is 9.78 Å². The number of nitrogens with one attached hydrogen (secondary N) is 1. The molecule has 2 aromatic rings. The molecule has 20 heteroatoms. The number of carboxylic acids is 1. The van der Waals surface area contributed by atoms with E-state index >= 15 is 0 Å². The van der Waals surface area contributed by atoms with Gasteiger partial charge in [0.25, 0.3) is 18.3 Å². The lowest BCUT2D eigenvalue weighted by Crippen LogP contribution is -2.71. The number of aliphatic carboxylic acids is 1. The van der Waals surface area contributed by atoms with E-state index in [1.165, 1.54) is 24.3 Å². The first-order chi connectivity index (χ1) is 17.2. The third kappa shape index (κ3) is 5.49. The number of fused-ring (bicyclic) bond motifs is 1. The van der Waals surface area contributed by atoms with Crippen molar-refractivity contribution in [2.45, 2.75) is 16.6 Å². The van der Waals surface area contributed by atoms with E-state index in [-0.39, 0.29) is 34.5 Å². The van der Waals surface area contributed by atoms with Gasteiger partial charge in [0.05, 0.1) is 0 Å². The molecule has 0 aliphatic carbocycles. The number of amides is 2. The van der Waals surface area contributed by atoms with Gasteiger partial charge in [-0.15, -0.1) is 27.9 Å². The molecule has 0 bridgehead atoms. The van der Waals surface area contributed by atoms with E-state index in [0.29, 0.717) is 16.5 Å². The second kappa shape index (κ2) is 11.7. The zero-order chi connectivity index (χ0) is 26.4. The SMILES string of the molecule is CO/N=C(/C(=O)N[C@@H]1C(=O)N2C(C(=O)O)=C(CSc3nnnn3N)CS[C@H]12)c1csc(N)n1.O=CO. The Morgan fingerprint density at radius 1 is 1.47 bits per heavy atom. The van der Waals surface area contributed by atoms with Crippen LogP contribution in [0.1, 0.15) is 5.69 Å². The average Bonchev–Trinajstić information content (AvgIpc) is 3.46. The second-order valence-electron chi connectivity index (χ2n) is 6.61. The van der Waals surface area contributed by atoms with E-state index in [4.69, 9.17) is 26.3 Å². The molecular formula is C16H18N10O7S3. The Morgan fingerprint density at radius 2 is 2.19 bits per heavy atom. The summed E-state index contributed by atoms with van der Waals surface area (Å²) >= 11 is 3.59. The number of carbonyl (C=O) groups is 4. The van der Waals surface area contributed by atoms with Crippen LogP contribution in [-0.2, 0) is 24.0 Å². The number of nitrogens with zero attached hydrogens (tertiary/aromatic N) is 7. The lowest BCUT2D eigenvalue weighted by Gasteiger charge is -2.49. The van der Waals surface area contributed by atoms with Gasteiger partial charge in [-0.3, -0.25) is 19.3 Å². The molecule has 0 aromatic carbocycles. The van der Waals surface area contributed by atoms with Crippen LogP contribution in [0.4, 0.5) is 5.13 Å². The third-order valence-electron chi connectivity index (χ3n) is 4.54. The van der Waals surface area contributed by atoms with Crippen molar-refractivity contribution in [2.24, 2.45) is 5.16 Å². The predicted octanol–water partition coefficient (Wildman–Crippen LogP) is -1.99. The molecule has 2 aliphatic rings. The molecular weight excluding hydrogens is 540 g/mol. The number of hydrogen-bond donors (Lipinski definition) is 5. The zero-order valence-corrected chi connectivity index (χ0v) is 20.6. The van der Waals surface area contributed by atoms with Crippen LogP contribution in [0.25, 0.3) is 0 Å². The minimum Gasteiger partial charge on any atom is -0.483 e. The van der Waals surface area contributed by atoms with Gasteiger partial charge in [-0.1, -0.05) is 22.0 Å². The van der Waals surface area contributed by atoms with Crippen molar-refractivity contribution in [1.29, 1.82) is 0 Å². The highest BCUT2D eigenvalue weighted by Crippen LogP contribution is 2.41. The van der Waals surface area contributed by atoms with E-state index in [1.54, 1.807) is 0 Å². The number of thiazole rings is 1. The summed E-state index contributed by atoms with van der Waals surface area (Å²) in [4.78, 5) is 56.8. The van der Waals surface area contributed by atoms with Crippen LogP contribution in [-0.4, -0.2) is 100 Å². The highest BCUT2D eigenvalue weighted by Gasteiger charge is 2.54. The molecule has 0 unspecified atom stereocenters. The summed E-state index contributed by atoms with van der Waals surface area (Å²) < 4.78 is 0. The fourth-order valence-electron chi connectivity index (χ4n) is 3.13. The van der Waals surface area contributed by atoms with E-state index in [0.717, 1.165) is 32.8 Å². The molecule has 2 atom stereocenters. The number of aromatic nitrogens is 5. The Morgan fingerprint density at radius 3 is 2.75 bits per heavy atom. The molecule has 1 fully saturated rings. The van der Waals surface area contributed by atoms with Crippen molar-refractivity contribution >= 4 is 70.0 Å². The van der Waals surface area contributed by atoms with Gasteiger partial charge in [0.15, 0.2) is 10.8 Å². The van der Waals surface area contributed by atoms with Crippen LogP contribution in [0, 0.1) is 0 Å². The van der Waals surface area contributed by atoms with Gasteiger partial charge >= 0.3 is 5.97 Å². The van der Waals surface area contributed by atoms with Gasteiger partial charge in [-0.05, 0) is 16.0 Å². The maximum Gasteiger partial charge on any atom is 0.352 e. The highest BCUT2D eigenvalue weighted by atomic mass is 32.2. The molecule has 2 aliphatic heterocycles. The fraction of sp³-hybridized carbons (Fsp3) is 0.312. The predicted molar refractivity (Wildman–Crippen MR) is 127 cm³/mol.